The highest BCUT2D eigenvalue weighted by molar-refractivity contribution is 7.07. The van der Waals surface area contributed by atoms with Gasteiger partial charge in [-0.05, 0) is 18.2 Å². The van der Waals surface area contributed by atoms with Gasteiger partial charge in [-0.15, -0.1) is 11.3 Å². The van der Waals surface area contributed by atoms with Crippen LogP contribution in [-0.2, 0) is 6.42 Å². The Morgan fingerprint density at radius 1 is 1.50 bits per heavy atom. The van der Waals surface area contributed by atoms with Crippen LogP contribution in [0.15, 0.2) is 29.1 Å². The van der Waals surface area contributed by atoms with Crippen molar-refractivity contribution in [3.63, 3.8) is 0 Å². The van der Waals surface area contributed by atoms with E-state index in [1.165, 1.54) is 23.5 Å². The minimum Gasteiger partial charge on any atom is -0.478 e. The van der Waals surface area contributed by atoms with Crippen molar-refractivity contribution in [2.45, 2.75) is 6.42 Å². The summed E-state index contributed by atoms with van der Waals surface area (Å²) in [7, 11) is 0. The molecule has 0 atom stereocenters. The fraction of sp³-hybridized carbons (Fsp3) is 0.167. The lowest BCUT2D eigenvalue weighted by Crippen LogP contribution is -2.07. The maximum absolute atomic E-state index is 13.4. The van der Waals surface area contributed by atoms with Crippen LogP contribution >= 0.6 is 11.3 Å². The Morgan fingerprint density at radius 2 is 2.33 bits per heavy atom. The van der Waals surface area contributed by atoms with Crippen molar-refractivity contribution in [3.05, 3.63) is 46.2 Å². The fourth-order valence-electron chi connectivity index (χ4n) is 1.49. The maximum Gasteiger partial charge on any atom is 0.338 e. The van der Waals surface area contributed by atoms with Crippen LogP contribution in [0.4, 0.5) is 10.1 Å². The largest absolute Gasteiger partial charge is 0.478 e. The van der Waals surface area contributed by atoms with E-state index in [1.807, 2.05) is 5.38 Å². The van der Waals surface area contributed by atoms with E-state index in [0.717, 1.165) is 12.1 Å². The van der Waals surface area contributed by atoms with Gasteiger partial charge in [0.2, 0.25) is 0 Å². The zero-order valence-corrected chi connectivity index (χ0v) is 10.2. The number of aromatic carboxylic acids is 1. The van der Waals surface area contributed by atoms with Gasteiger partial charge in [-0.3, -0.25) is 0 Å². The standard InChI is InChI=1S/C12H11FN2O2S/c13-11-5-8(1-2-10(11)12(16)17)14-4-3-9-6-18-7-15-9/h1-2,5-7,14H,3-4H2,(H,16,17). The van der Waals surface area contributed by atoms with Crippen LogP contribution in [-0.4, -0.2) is 22.6 Å². The predicted molar refractivity (Wildman–Crippen MR) is 67.7 cm³/mol. The summed E-state index contributed by atoms with van der Waals surface area (Å²) in [6.07, 6.45) is 0.742. The molecule has 18 heavy (non-hydrogen) atoms. The molecule has 0 unspecified atom stereocenters. The second-order valence-corrected chi connectivity index (χ2v) is 4.38. The van der Waals surface area contributed by atoms with Crippen LogP contribution in [0.2, 0.25) is 0 Å². The SMILES string of the molecule is O=C(O)c1ccc(NCCc2cscn2)cc1F. The Hall–Kier alpha value is -1.95. The molecule has 4 nitrogen and oxygen atoms in total. The Bertz CT molecular complexity index is 543. The van der Waals surface area contributed by atoms with E-state index < -0.39 is 11.8 Å². The van der Waals surface area contributed by atoms with E-state index in [2.05, 4.69) is 10.3 Å². The molecular weight excluding hydrogens is 255 g/mol. The van der Waals surface area contributed by atoms with Crippen molar-refractivity contribution in [2.75, 3.05) is 11.9 Å². The average Bonchev–Trinajstić information content (AvgIpc) is 2.81. The first-order valence-corrected chi connectivity index (χ1v) is 6.25. The van der Waals surface area contributed by atoms with Gasteiger partial charge in [0.1, 0.15) is 5.82 Å². The number of hydrogen-bond donors (Lipinski definition) is 2. The highest BCUT2D eigenvalue weighted by Crippen LogP contribution is 2.14. The Labute approximate surface area is 107 Å². The highest BCUT2D eigenvalue weighted by atomic mass is 32.1. The molecule has 94 valence electrons. The third kappa shape index (κ3) is 3.04. The van der Waals surface area contributed by atoms with E-state index >= 15 is 0 Å². The number of halogens is 1. The topological polar surface area (TPSA) is 62.2 Å². The van der Waals surface area contributed by atoms with Crippen molar-refractivity contribution in [3.8, 4) is 0 Å². The molecule has 6 heteroatoms. The summed E-state index contributed by atoms with van der Waals surface area (Å²) >= 11 is 1.53. The zero-order valence-electron chi connectivity index (χ0n) is 9.39. The number of hydrogen-bond acceptors (Lipinski definition) is 4. The van der Waals surface area contributed by atoms with E-state index in [0.29, 0.717) is 12.2 Å². The van der Waals surface area contributed by atoms with Crippen LogP contribution in [0.1, 0.15) is 16.1 Å². The third-order valence-corrected chi connectivity index (χ3v) is 3.03. The predicted octanol–water partition coefficient (Wildman–Crippen LogP) is 2.64. The Balaban J connectivity index is 1.94. The number of nitrogens with zero attached hydrogens (tertiary/aromatic N) is 1. The zero-order chi connectivity index (χ0) is 13.0. The summed E-state index contributed by atoms with van der Waals surface area (Å²) in [5, 5.41) is 13.7. The van der Waals surface area contributed by atoms with Gasteiger partial charge >= 0.3 is 5.97 Å². The van der Waals surface area contributed by atoms with E-state index in [-0.39, 0.29) is 5.56 Å². The van der Waals surface area contributed by atoms with Crippen LogP contribution in [0.25, 0.3) is 0 Å². The summed E-state index contributed by atoms with van der Waals surface area (Å²) in [6.45, 7) is 0.621. The molecule has 0 radical (unpaired) electrons. The molecule has 0 saturated carbocycles. The molecule has 2 aromatic rings. The molecule has 0 saturated heterocycles. The lowest BCUT2D eigenvalue weighted by Gasteiger charge is -2.06. The molecular formula is C12H11FN2O2S. The number of nitrogens with one attached hydrogen (secondary N) is 1. The summed E-state index contributed by atoms with van der Waals surface area (Å²) in [5.41, 5.74) is 2.99. The monoisotopic (exact) mass is 266 g/mol. The summed E-state index contributed by atoms with van der Waals surface area (Å²) in [4.78, 5) is 14.8. The summed E-state index contributed by atoms with van der Waals surface area (Å²) in [5.74, 6) is -2.00. The van der Waals surface area contributed by atoms with Crippen molar-refractivity contribution >= 4 is 23.0 Å². The third-order valence-electron chi connectivity index (χ3n) is 2.39. The van der Waals surface area contributed by atoms with Crippen molar-refractivity contribution in [1.82, 2.24) is 4.98 Å². The smallest absolute Gasteiger partial charge is 0.338 e. The number of carboxylic acids is 1. The van der Waals surface area contributed by atoms with E-state index in [1.54, 1.807) is 11.6 Å². The van der Waals surface area contributed by atoms with Gasteiger partial charge in [-0.2, -0.15) is 0 Å². The summed E-state index contributed by atoms with van der Waals surface area (Å²) in [6, 6.07) is 3.99. The van der Waals surface area contributed by atoms with Gasteiger partial charge in [0, 0.05) is 24.0 Å². The second kappa shape index (κ2) is 5.59. The van der Waals surface area contributed by atoms with Crippen LogP contribution in [0.3, 0.4) is 0 Å². The van der Waals surface area contributed by atoms with Gasteiger partial charge in [0.25, 0.3) is 0 Å². The molecule has 0 amide bonds. The average molecular weight is 266 g/mol. The first-order valence-electron chi connectivity index (χ1n) is 5.30. The van der Waals surface area contributed by atoms with Crippen LogP contribution < -0.4 is 5.32 Å². The lowest BCUT2D eigenvalue weighted by molar-refractivity contribution is 0.0692. The number of carboxylic acid groups (broad SMARTS) is 1. The van der Waals surface area contributed by atoms with Gasteiger partial charge in [-0.25, -0.2) is 14.2 Å². The number of rotatable bonds is 5. The van der Waals surface area contributed by atoms with E-state index in [9.17, 15) is 9.18 Å². The van der Waals surface area contributed by atoms with Gasteiger partial charge in [0.15, 0.2) is 0 Å². The number of anilines is 1. The minimum absolute atomic E-state index is 0.319. The molecule has 0 fully saturated rings. The molecule has 2 N–H and O–H groups in total. The quantitative estimate of drug-likeness (QED) is 0.873. The molecule has 0 aliphatic heterocycles. The van der Waals surface area contributed by atoms with Gasteiger partial charge in [0.05, 0.1) is 16.8 Å². The van der Waals surface area contributed by atoms with Crippen molar-refractivity contribution in [1.29, 1.82) is 0 Å². The number of aromatic nitrogens is 1. The first kappa shape index (κ1) is 12.5. The molecule has 2 rings (SSSR count). The Kier molecular flexibility index (Phi) is 3.88. The van der Waals surface area contributed by atoms with E-state index in [4.69, 9.17) is 5.11 Å². The number of benzene rings is 1. The molecule has 0 spiro atoms. The molecule has 1 aromatic heterocycles. The molecule has 0 aliphatic rings. The lowest BCUT2D eigenvalue weighted by atomic mass is 10.2. The molecule has 0 bridgehead atoms. The Morgan fingerprint density at radius 3 is 2.94 bits per heavy atom. The molecule has 0 aliphatic carbocycles. The normalized spacial score (nSPS) is 10.3. The molecule has 1 heterocycles. The second-order valence-electron chi connectivity index (χ2n) is 3.66. The molecule has 1 aromatic carbocycles. The number of thiazole rings is 1. The summed E-state index contributed by atoms with van der Waals surface area (Å²) < 4.78 is 13.4. The van der Waals surface area contributed by atoms with Gasteiger partial charge in [-0.1, -0.05) is 0 Å². The maximum atomic E-state index is 13.4. The van der Waals surface area contributed by atoms with Gasteiger partial charge < -0.3 is 10.4 Å². The fourth-order valence-corrected chi connectivity index (χ4v) is 2.09. The van der Waals surface area contributed by atoms with Crippen LogP contribution in [0, 0.1) is 5.82 Å². The highest BCUT2D eigenvalue weighted by Gasteiger charge is 2.09. The van der Waals surface area contributed by atoms with Crippen LogP contribution in [0.5, 0.6) is 0 Å². The number of carbonyl (C=O) groups is 1. The van der Waals surface area contributed by atoms with Crippen molar-refractivity contribution < 1.29 is 14.3 Å². The minimum atomic E-state index is -1.26. The first-order chi connectivity index (χ1) is 8.66. The van der Waals surface area contributed by atoms with Crippen molar-refractivity contribution in [2.24, 2.45) is 0 Å².